The van der Waals surface area contributed by atoms with E-state index >= 15 is 0 Å². The molecule has 0 bridgehead atoms. The van der Waals surface area contributed by atoms with Crippen molar-refractivity contribution in [2.45, 2.75) is 0 Å². The van der Waals surface area contributed by atoms with Crippen molar-refractivity contribution in [2.24, 2.45) is 5.41 Å². The molecule has 0 unspecified atom stereocenters. The average molecular weight is 771 g/mol. The summed E-state index contributed by atoms with van der Waals surface area (Å²) in [5.41, 5.74) is -1.06. The molecule has 51 heavy (non-hydrogen) atoms. The van der Waals surface area contributed by atoms with Crippen molar-refractivity contribution in [3.8, 4) is 0 Å². The van der Waals surface area contributed by atoms with Gasteiger partial charge in [-0.05, 0) is 0 Å². The summed E-state index contributed by atoms with van der Waals surface area (Å²) >= 11 is 0. The maximum atomic E-state index is 13.8. The van der Waals surface area contributed by atoms with Gasteiger partial charge in [0.15, 0.2) is 0 Å². The third kappa shape index (κ3) is 15.6. The summed E-state index contributed by atoms with van der Waals surface area (Å²) in [5, 5.41) is 0. The van der Waals surface area contributed by atoms with Gasteiger partial charge in [0.1, 0.15) is 52.9 Å². The van der Waals surface area contributed by atoms with E-state index in [0.717, 1.165) is 0 Å². The molecule has 0 aromatic carbocycles. The molecule has 0 aromatic heterocycles. The first-order chi connectivity index (χ1) is 24.4. The fourth-order valence-corrected chi connectivity index (χ4v) is 7.71. The predicted molar refractivity (Wildman–Crippen MR) is 175 cm³/mol. The minimum Gasteiger partial charge on any atom is -0.433 e. The van der Waals surface area contributed by atoms with Crippen molar-refractivity contribution in [3.05, 3.63) is 50.6 Å². The Labute approximate surface area is 295 Å². The number of carbonyl (C=O) groups excluding carboxylic acids is 4. The van der Waals surface area contributed by atoms with Crippen LogP contribution in [-0.2, 0) is 65.1 Å². The summed E-state index contributed by atoms with van der Waals surface area (Å²) in [7, 11) is -8.16. The third-order valence-electron chi connectivity index (χ3n) is 6.38. The Bertz CT molecular complexity index is 1110. The van der Waals surface area contributed by atoms with Gasteiger partial charge in [-0.15, -0.1) is 0 Å². The Balaban J connectivity index is 2.04. The number of carbonyl (C=O) groups is 4. The van der Waals surface area contributed by atoms with E-state index in [4.69, 9.17) is 56.0 Å². The highest BCUT2D eigenvalue weighted by atomic mass is 31.2. The van der Waals surface area contributed by atoms with Gasteiger partial charge in [0.25, 0.3) is 0 Å². The molecule has 288 valence electrons. The van der Waals surface area contributed by atoms with Crippen molar-refractivity contribution in [2.75, 3.05) is 105 Å². The van der Waals surface area contributed by atoms with Crippen molar-refractivity contribution < 1.29 is 84.3 Å². The smallest absolute Gasteiger partial charge is 0.433 e. The zero-order chi connectivity index (χ0) is 37.6. The molecule has 2 aliphatic heterocycles. The Hall–Kier alpha value is -3.74. The van der Waals surface area contributed by atoms with Gasteiger partial charge in [-0.25, -0.2) is 37.6 Å². The summed E-state index contributed by atoms with van der Waals surface area (Å²) in [6, 6.07) is 0. The zero-order valence-electron chi connectivity index (χ0n) is 28.1. The molecule has 2 aliphatic rings. The molecule has 0 aromatic rings. The first-order valence-corrected chi connectivity index (χ1v) is 18.3. The third-order valence-corrected chi connectivity index (χ3v) is 10.4. The average Bonchev–Trinajstić information content (AvgIpc) is 3.12. The summed E-state index contributed by atoms with van der Waals surface area (Å²) < 4.78 is 91.8. The van der Waals surface area contributed by atoms with E-state index in [9.17, 15) is 28.3 Å². The predicted octanol–water partition coefficient (Wildman–Crippen LogP) is 4.24. The minimum absolute atomic E-state index is 0.0815. The standard InChI is InChI=1S/C29H44N2O18P2/c1-5-13-38-25(32)42-17-9-30(10-18-43-26(33)39-14-6-2)50(36)46-21-29(22-47-50)23-48-51(37,49-24-29)31(11-19-44-27(34)40-15-7-3)12-20-45-28(35)41-16-8-4/h5-8H,1-4,9-24H2. The topological polar surface area (TPSA) is 220 Å². The molecule has 1 spiro atoms. The Morgan fingerprint density at radius 2 is 0.725 bits per heavy atom. The lowest BCUT2D eigenvalue weighted by Gasteiger charge is -2.45. The van der Waals surface area contributed by atoms with Gasteiger partial charge < -0.3 is 37.9 Å². The lowest BCUT2D eigenvalue weighted by atomic mass is 9.93. The van der Waals surface area contributed by atoms with Crippen LogP contribution in [0.5, 0.6) is 0 Å². The lowest BCUT2D eigenvalue weighted by Crippen LogP contribution is -2.49. The van der Waals surface area contributed by atoms with Gasteiger partial charge in [0.05, 0.1) is 31.8 Å². The van der Waals surface area contributed by atoms with Crippen LogP contribution in [0.25, 0.3) is 0 Å². The number of rotatable bonds is 22. The second-order valence-corrected chi connectivity index (χ2v) is 14.3. The highest BCUT2D eigenvalue weighted by molar-refractivity contribution is 7.51. The molecule has 0 saturated carbocycles. The summed E-state index contributed by atoms with van der Waals surface area (Å²) in [4.78, 5) is 47.0. The van der Waals surface area contributed by atoms with Crippen LogP contribution < -0.4 is 0 Å². The SMILES string of the molecule is C=CCOC(=O)OCCN(CCOC(=O)OCC=C)P1(=O)OCC2(CO1)COP(=O)(N(CCOC(=O)OCC=C)CCOC(=O)OCC=C)OC2. The zero-order valence-corrected chi connectivity index (χ0v) is 29.9. The Morgan fingerprint density at radius 1 is 0.490 bits per heavy atom. The van der Waals surface area contributed by atoms with E-state index in [-0.39, 0.29) is 105 Å². The molecular formula is C29H44N2O18P2. The van der Waals surface area contributed by atoms with Crippen LogP contribution in [-0.4, -0.2) is 139 Å². The molecule has 0 aliphatic carbocycles. The lowest BCUT2D eigenvalue weighted by molar-refractivity contribution is -0.0846. The van der Waals surface area contributed by atoms with Gasteiger partial charge in [-0.2, -0.15) is 0 Å². The summed E-state index contributed by atoms with van der Waals surface area (Å²) in [5.74, 6) is 0. The molecule has 2 heterocycles. The van der Waals surface area contributed by atoms with Crippen molar-refractivity contribution in [1.29, 1.82) is 0 Å². The maximum absolute atomic E-state index is 13.8. The summed E-state index contributed by atoms with van der Waals surface area (Å²) in [6.07, 6.45) is 1.43. The van der Waals surface area contributed by atoms with Gasteiger partial charge in [-0.1, -0.05) is 50.6 Å². The van der Waals surface area contributed by atoms with Crippen molar-refractivity contribution >= 4 is 40.1 Å². The fourth-order valence-electron chi connectivity index (χ4n) is 3.85. The van der Waals surface area contributed by atoms with E-state index in [1.54, 1.807) is 0 Å². The van der Waals surface area contributed by atoms with Crippen LogP contribution in [0, 0.1) is 5.41 Å². The van der Waals surface area contributed by atoms with Gasteiger partial charge in [0.2, 0.25) is 0 Å². The van der Waals surface area contributed by atoms with Gasteiger partial charge >= 0.3 is 40.1 Å². The molecule has 20 nitrogen and oxygen atoms in total. The second kappa shape index (κ2) is 22.9. The van der Waals surface area contributed by atoms with Gasteiger partial charge in [0, 0.05) is 26.2 Å². The number of ether oxygens (including phenoxy) is 8. The highest BCUT2D eigenvalue weighted by Gasteiger charge is 2.52. The Morgan fingerprint density at radius 3 is 0.941 bits per heavy atom. The molecule has 2 saturated heterocycles. The molecule has 22 heteroatoms. The second-order valence-electron chi connectivity index (χ2n) is 10.2. The maximum Gasteiger partial charge on any atom is 0.508 e. The quantitative estimate of drug-likeness (QED) is 0.0650. The van der Waals surface area contributed by atoms with Crippen LogP contribution in [0.15, 0.2) is 50.6 Å². The van der Waals surface area contributed by atoms with E-state index in [0.29, 0.717) is 0 Å². The van der Waals surface area contributed by atoms with E-state index in [1.807, 2.05) is 0 Å². The van der Waals surface area contributed by atoms with Crippen molar-refractivity contribution in [1.82, 2.24) is 9.34 Å². The molecular weight excluding hydrogens is 726 g/mol. The fraction of sp³-hybridized carbons (Fsp3) is 0.586. The molecule has 0 atom stereocenters. The first kappa shape index (κ1) is 43.4. The van der Waals surface area contributed by atoms with Crippen LogP contribution >= 0.6 is 15.5 Å². The van der Waals surface area contributed by atoms with E-state index in [2.05, 4.69) is 26.3 Å². The molecule has 0 radical (unpaired) electrons. The van der Waals surface area contributed by atoms with E-state index < -0.39 is 45.5 Å². The Kier molecular flexibility index (Phi) is 19.5. The van der Waals surface area contributed by atoms with Crippen LogP contribution in [0.2, 0.25) is 0 Å². The molecule has 2 rings (SSSR count). The van der Waals surface area contributed by atoms with Crippen LogP contribution in [0.1, 0.15) is 0 Å². The molecule has 2 fully saturated rings. The molecule has 0 amide bonds. The van der Waals surface area contributed by atoms with Crippen molar-refractivity contribution in [3.63, 3.8) is 0 Å². The van der Waals surface area contributed by atoms with Crippen LogP contribution in [0.4, 0.5) is 19.2 Å². The van der Waals surface area contributed by atoms with E-state index in [1.165, 1.54) is 33.6 Å². The largest absolute Gasteiger partial charge is 0.508 e. The number of nitrogens with zero attached hydrogens (tertiary/aromatic N) is 2. The highest BCUT2D eigenvalue weighted by Crippen LogP contribution is 2.61. The van der Waals surface area contributed by atoms with Gasteiger partial charge in [-0.3, -0.25) is 18.1 Å². The monoisotopic (exact) mass is 770 g/mol. The number of hydrogen-bond acceptors (Lipinski definition) is 18. The summed E-state index contributed by atoms with van der Waals surface area (Å²) in [6.45, 7) is 10.5. The normalized spacial score (nSPS) is 22.6. The molecule has 0 N–H and O–H groups in total. The van der Waals surface area contributed by atoms with Crippen LogP contribution in [0.3, 0.4) is 0 Å². The minimum atomic E-state index is -4.08. The first-order valence-electron chi connectivity index (χ1n) is 15.4. The number of hydrogen-bond donors (Lipinski definition) is 0.